The molecule has 0 saturated heterocycles. The lowest BCUT2D eigenvalue weighted by atomic mass is 10.2. The van der Waals surface area contributed by atoms with Crippen LogP contribution in [0, 0.1) is 0 Å². The minimum Gasteiger partial charge on any atom is -0.384 e. The first-order valence-corrected chi connectivity index (χ1v) is 5.87. The maximum atomic E-state index is 5.66. The van der Waals surface area contributed by atoms with E-state index >= 15 is 0 Å². The molecule has 0 radical (unpaired) electrons. The lowest BCUT2D eigenvalue weighted by Crippen LogP contribution is -1.88. The third kappa shape index (κ3) is 1.46. The molecule has 0 aliphatic heterocycles. The summed E-state index contributed by atoms with van der Waals surface area (Å²) in [4.78, 5) is 11.8. The monoisotopic (exact) mass is 250 g/mol. The van der Waals surface area contributed by atoms with Crippen molar-refractivity contribution in [1.82, 2.24) is 25.1 Å². The second kappa shape index (κ2) is 3.55. The molecule has 1 aromatic carbocycles. The van der Waals surface area contributed by atoms with Gasteiger partial charge >= 0.3 is 0 Å². The van der Waals surface area contributed by atoms with E-state index in [4.69, 9.17) is 5.73 Å². The Bertz CT molecular complexity index is 888. The molecule has 19 heavy (non-hydrogen) atoms. The molecule has 0 aliphatic rings. The Hall–Kier alpha value is -2.89. The molecule has 3 heterocycles. The number of hydrogen-bond acceptors (Lipinski definition) is 4. The van der Waals surface area contributed by atoms with Crippen molar-refractivity contribution in [3.63, 3.8) is 0 Å². The predicted octanol–water partition coefficient (Wildman–Crippen LogP) is 2.08. The first kappa shape index (κ1) is 10.1. The van der Waals surface area contributed by atoms with Gasteiger partial charge in [0.1, 0.15) is 11.5 Å². The van der Waals surface area contributed by atoms with Gasteiger partial charge in [0, 0.05) is 5.39 Å². The Kier molecular flexibility index (Phi) is 1.88. The number of aromatic nitrogens is 5. The number of rotatable bonds is 1. The molecule has 0 atom stereocenters. The van der Waals surface area contributed by atoms with Gasteiger partial charge in [0.25, 0.3) is 0 Å². The highest BCUT2D eigenvalue weighted by atomic mass is 15.1. The van der Waals surface area contributed by atoms with E-state index in [1.807, 2.05) is 30.3 Å². The summed E-state index contributed by atoms with van der Waals surface area (Å²) in [6.07, 6.45) is 0. The highest BCUT2D eigenvalue weighted by Crippen LogP contribution is 2.25. The average molecular weight is 250 g/mol. The number of H-pyrrole nitrogens is 2. The first-order valence-electron chi connectivity index (χ1n) is 5.87. The number of nitrogens with zero attached hydrogens (tertiary/aromatic N) is 3. The van der Waals surface area contributed by atoms with Gasteiger partial charge in [0.15, 0.2) is 11.5 Å². The number of nitrogen functional groups attached to an aromatic ring is 1. The van der Waals surface area contributed by atoms with Gasteiger partial charge in [-0.15, -0.1) is 0 Å². The Morgan fingerprint density at radius 1 is 0.947 bits per heavy atom. The highest BCUT2D eigenvalue weighted by Gasteiger charge is 2.12. The molecular weight excluding hydrogens is 240 g/mol. The number of imidazole rings is 1. The Morgan fingerprint density at radius 3 is 2.79 bits per heavy atom. The largest absolute Gasteiger partial charge is 0.384 e. The molecule has 4 aromatic rings. The van der Waals surface area contributed by atoms with Gasteiger partial charge in [-0.1, -0.05) is 18.2 Å². The predicted molar refractivity (Wildman–Crippen MR) is 73.4 cm³/mol. The highest BCUT2D eigenvalue weighted by molar-refractivity contribution is 5.92. The molecule has 4 rings (SSSR count). The second-order valence-corrected chi connectivity index (χ2v) is 4.31. The fourth-order valence-corrected chi connectivity index (χ4v) is 2.16. The van der Waals surface area contributed by atoms with Crippen LogP contribution in [-0.4, -0.2) is 25.1 Å². The summed E-state index contributed by atoms with van der Waals surface area (Å²) in [5.74, 6) is 1.14. The van der Waals surface area contributed by atoms with Crippen molar-refractivity contribution in [1.29, 1.82) is 0 Å². The van der Waals surface area contributed by atoms with Crippen LogP contribution in [0.3, 0.4) is 0 Å². The number of para-hydroxylation sites is 1. The second-order valence-electron chi connectivity index (χ2n) is 4.31. The van der Waals surface area contributed by atoms with Gasteiger partial charge in [-0.05, 0) is 18.2 Å². The van der Waals surface area contributed by atoms with Crippen molar-refractivity contribution in [2.24, 2.45) is 0 Å². The van der Waals surface area contributed by atoms with Crippen LogP contribution < -0.4 is 5.73 Å². The number of pyridine rings is 1. The molecular formula is C13H10N6. The number of fused-ring (bicyclic) bond motifs is 2. The minimum absolute atomic E-state index is 0.456. The van der Waals surface area contributed by atoms with Gasteiger partial charge in [-0.25, -0.2) is 9.97 Å². The van der Waals surface area contributed by atoms with Gasteiger partial charge in [0.05, 0.1) is 11.0 Å². The maximum Gasteiger partial charge on any atom is 0.180 e. The van der Waals surface area contributed by atoms with Crippen molar-refractivity contribution >= 4 is 27.9 Å². The van der Waals surface area contributed by atoms with Crippen molar-refractivity contribution in [3.8, 4) is 11.5 Å². The normalized spacial score (nSPS) is 11.4. The summed E-state index contributed by atoms with van der Waals surface area (Å²) in [6.45, 7) is 0. The Morgan fingerprint density at radius 2 is 1.84 bits per heavy atom. The molecule has 3 aromatic heterocycles. The third-order valence-electron chi connectivity index (χ3n) is 3.06. The molecule has 0 bridgehead atoms. The Labute approximate surface area is 107 Å². The van der Waals surface area contributed by atoms with E-state index in [9.17, 15) is 0 Å². The molecule has 92 valence electrons. The van der Waals surface area contributed by atoms with Crippen LogP contribution in [0.2, 0.25) is 0 Å². The number of nitrogens with one attached hydrogen (secondary N) is 2. The Balaban J connectivity index is 1.99. The molecule has 0 saturated carbocycles. The van der Waals surface area contributed by atoms with Crippen LogP contribution in [-0.2, 0) is 0 Å². The number of hydrogen-bond donors (Lipinski definition) is 3. The quantitative estimate of drug-likeness (QED) is 0.482. The summed E-state index contributed by atoms with van der Waals surface area (Å²) >= 11 is 0. The SMILES string of the molecule is Nc1ccc2[nH]c(-c3n[nH]c4ccccc34)nc2n1. The van der Waals surface area contributed by atoms with Crippen molar-refractivity contribution in [3.05, 3.63) is 36.4 Å². The average Bonchev–Trinajstić information content (AvgIpc) is 3.00. The van der Waals surface area contributed by atoms with E-state index in [1.54, 1.807) is 6.07 Å². The van der Waals surface area contributed by atoms with Crippen LogP contribution in [0.25, 0.3) is 33.6 Å². The summed E-state index contributed by atoms with van der Waals surface area (Å²) in [6, 6.07) is 11.5. The number of benzene rings is 1. The molecule has 4 N–H and O–H groups in total. The van der Waals surface area contributed by atoms with E-state index in [1.165, 1.54) is 0 Å². The van der Waals surface area contributed by atoms with E-state index in [0.717, 1.165) is 22.1 Å². The molecule has 6 heteroatoms. The number of anilines is 1. The molecule has 6 nitrogen and oxygen atoms in total. The van der Waals surface area contributed by atoms with Crippen LogP contribution >= 0.6 is 0 Å². The fourth-order valence-electron chi connectivity index (χ4n) is 2.16. The standard InChI is InChI=1S/C13H10N6/c14-10-6-5-9-12(16-10)17-13(15-9)11-7-3-1-2-4-8(7)18-19-11/h1-6H,(H,18,19)(H3,14,15,16,17). The van der Waals surface area contributed by atoms with Crippen LogP contribution in [0.4, 0.5) is 5.82 Å². The molecule has 0 fully saturated rings. The van der Waals surface area contributed by atoms with E-state index < -0.39 is 0 Å². The summed E-state index contributed by atoms with van der Waals surface area (Å²) < 4.78 is 0. The summed E-state index contributed by atoms with van der Waals surface area (Å²) in [7, 11) is 0. The van der Waals surface area contributed by atoms with E-state index in [-0.39, 0.29) is 0 Å². The lowest BCUT2D eigenvalue weighted by Gasteiger charge is -1.90. The smallest absolute Gasteiger partial charge is 0.180 e. The summed E-state index contributed by atoms with van der Waals surface area (Å²) in [5, 5.41) is 8.32. The maximum absolute atomic E-state index is 5.66. The zero-order valence-corrected chi connectivity index (χ0v) is 9.88. The van der Waals surface area contributed by atoms with Crippen molar-refractivity contribution in [2.45, 2.75) is 0 Å². The molecule has 0 amide bonds. The van der Waals surface area contributed by atoms with Crippen molar-refractivity contribution < 1.29 is 0 Å². The van der Waals surface area contributed by atoms with E-state index in [0.29, 0.717) is 17.3 Å². The van der Waals surface area contributed by atoms with Crippen LogP contribution in [0.1, 0.15) is 0 Å². The fraction of sp³-hybridized carbons (Fsp3) is 0. The first-order chi connectivity index (χ1) is 9.31. The zero-order valence-electron chi connectivity index (χ0n) is 9.88. The third-order valence-corrected chi connectivity index (χ3v) is 3.06. The van der Waals surface area contributed by atoms with Gasteiger partial charge in [-0.2, -0.15) is 5.10 Å². The molecule has 0 spiro atoms. The topological polar surface area (TPSA) is 96.3 Å². The molecule has 0 unspecified atom stereocenters. The zero-order chi connectivity index (χ0) is 12.8. The minimum atomic E-state index is 0.456. The number of aromatic amines is 2. The van der Waals surface area contributed by atoms with Gasteiger partial charge in [-0.3, -0.25) is 5.10 Å². The lowest BCUT2D eigenvalue weighted by molar-refractivity contribution is 1.10. The van der Waals surface area contributed by atoms with E-state index in [2.05, 4.69) is 25.1 Å². The van der Waals surface area contributed by atoms with Crippen LogP contribution in [0.5, 0.6) is 0 Å². The van der Waals surface area contributed by atoms with Crippen molar-refractivity contribution in [2.75, 3.05) is 5.73 Å². The van der Waals surface area contributed by atoms with Gasteiger partial charge < -0.3 is 10.7 Å². The summed E-state index contributed by atoms with van der Waals surface area (Å²) in [5.41, 5.74) is 8.86. The molecule has 0 aliphatic carbocycles. The number of nitrogens with two attached hydrogens (primary N) is 1. The van der Waals surface area contributed by atoms with Crippen LogP contribution in [0.15, 0.2) is 36.4 Å². The van der Waals surface area contributed by atoms with Gasteiger partial charge in [0.2, 0.25) is 0 Å².